The normalized spacial score (nSPS) is 10.8. The highest BCUT2D eigenvalue weighted by atomic mass is 32.1. The van der Waals surface area contributed by atoms with Crippen molar-refractivity contribution in [2.75, 3.05) is 33.9 Å². The van der Waals surface area contributed by atoms with Crippen molar-refractivity contribution in [3.8, 4) is 11.5 Å². The van der Waals surface area contributed by atoms with Gasteiger partial charge in [-0.3, -0.25) is 9.59 Å². The molecule has 0 aliphatic heterocycles. The van der Waals surface area contributed by atoms with E-state index in [2.05, 4.69) is 26.0 Å². The van der Waals surface area contributed by atoms with Crippen LogP contribution in [-0.2, 0) is 24.2 Å². The zero-order chi connectivity index (χ0) is 29.5. The van der Waals surface area contributed by atoms with E-state index in [4.69, 9.17) is 9.47 Å². The summed E-state index contributed by atoms with van der Waals surface area (Å²) in [6.07, 6.45) is 8.39. The van der Waals surface area contributed by atoms with Crippen molar-refractivity contribution >= 4 is 23.2 Å². The Morgan fingerprint density at radius 2 is 1.49 bits per heavy atom. The summed E-state index contributed by atoms with van der Waals surface area (Å²) in [5.41, 5.74) is 2.95. The van der Waals surface area contributed by atoms with Crippen LogP contribution in [0, 0.1) is 0 Å². The Bertz CT molecular complexity index is 1190. The smallest absolute Gasteiger partial charge is 0.254 e. The molecule has 2 aromatic carbocycles. The van der Waals surface area contributed by atoms with Gasteiger partial charge in [-0.05, 0) is 72.5 Å². The summed E-state index contributed by atoms with van der Waals surface area (Å²) in [5, 5.41) is 2.02. The highest BCUT2D eigenvalue weighted by Gasteiger charge is 2.23. The summed E-state index contributed by atoms with van der Waals surface area (Å²) >= 11 is 1.64. The Hall–Kier alpha value is -3.32. The Morgan fingerprint density at radius 3 is 2.15 bits per heavy atom. The van der Waals surface area contributed by atoms with Crippen LogP contribution in [0.3, 0.4) is 0 Å². The van der Waals surface area contributed by atoms with Gasteiger partial charge in [0.25, 0.3) is 5.91 Å². The first kappa shape index (κ1) is 32.2. The van der Waals surface area contributed by atoms with Gasteiger partial charge >= 0.3 is 0 Å². The summed E-state index contributed by atoms with van der Waals surface area (Å²) in [5.74, 6) is 1.22. The molecule has 1 aromatic heterocycles. The zero-order valence-electron chi connectivity index (χ0n) is 25.2. The molecule has 3 rings (SSSR count). The Kier molecular flexibility index (Phi) is 13.7. The lowest BCUT2D eigenvalue weighted by molar-refractivity contribution is -0.132. The molecule has 0 N–H and O–H groups in total. The number of carbonyl (C=O) groups is 2. The van der Waals surface area contributed by atoms with Gasteiger partial charge in [0, 0.05) is 23.5 Å². The molecule has 0 aliphatic carbocycles. The second-order valence-electron chi connectivity index (χ2n) is 10.4. The minimum absolute atomic E-state index is 0.0455. The molecule has 0 aliphatic rings. The third-order valence-electron chi connectivity index (χ3n) is 7.31. The number of rotatable bonds is 18. The number of amides is 2. The second kappa shape index (κ2) is 17.5. The summed E-state index contributed by atoms with van der Waals surface area (Å²) in [6.45, 7) is 6.00. The first-order valence-electron chi connectivity index (χ1n) is 14.9. The molecule has 0 unspecified atom stereocenters. The average Bonchev–Trinajstić information content (AvgIpc) is 3.52. The van der Waals surface area contributed by atoms with E-state index in [0.29, 0.717) is 43.1 Å². The van der Waals surface area contributed by atoms with Gasteiger partial charge in [0.1, 0.15) is 6.54 Å². The average molecular weight is 579 g/mol. The van der Waals surface area contributed by atoms with Gasteiger partial charge in [-0.2, -0.15) is 0 Å². The highest BCUT2D eigenvalue weighted by Crippen LogP contribution is 2.28. The van der Waals surface area contributed by atoms with Gasteiger partial charge in [0.05, 0.1) is 20.8 Å². The van der Waals surface area contributed by atoms with E-state index in [1.54, 1.807) is 30.5 Å². The van der Waals surface area contributed by atoms with Crippen molar-refractivity contribution in [3.05, 3.63) is 81.5 Å². The summed E-state index contributed by atoms with van der Waals surface area (Å²) in [7, 11) is 3.24. The Balaban J connectivity index is 1.71. The van der Waals surface area contributed by atoms with E-state index in [1.807, 2.05) is 52.7 Å². The van der Waals surface area contributed by atoms with Crippen LogP contribution >= 0.6 is 11.3 Å². The molecule has 6 nitrogen and oxygen atoms in total. The van der Waals surface area contributed by atoms with Crippen LogP contribution < -0.4 is 9.47 Å². The molecule has 41 heavy (non-hydrogen) atoms. The van der Waals surface area contributed by atoms with E-state index in [-0.39, 0.29) is 18.4 Å². The van der Waals surface area contributed by atoms with Gasteiger partial charge in [0.15, 0.2) is 11.5 Å². The zero-order valence-corrected chi connectivity index (χ0v) is 26.0. The van der Waals surface area contributed by atoms with Crippen LogP contribution in [0.15, 0.2) is 60.0 Å². The number of unbranched alkanes of at least 4 members (excludes halogenated alkanes) is 4. The quantitative estimate of drug-likeness (QED) is 0.148. The van der Waals surface area contributed by atoms with Crippen LogP contribution in [0.25, 0.3) is 0 Å². The number of nitrogens with zero attached hydrogens (tertiary/aromatic N) is 2. The third-order valence-corrected chi connectivity index (χ3v) is 8.17. The minimum atomic E-state index is -0.0831. The maximum atomic E-state index is 13.7. The summed E-state index contributed by atoms with van der Waals surface area (Å²) in [4.78, 5) is 32.0. The van der Waals surface area contributed by atoms with Crippen LogP contribution in [0.5, 0.6) is 11.5 Å². The van der Waals surface area contributed by atoms with Crippen molar-refractivity contribution in [3.63, 3.8) is 0 Å². The molecule has 0 bridgehead atoms. The molecular weight excluding hydrogens is 532 g/mol. The molecule has 0 spiro atoms. The molecule has 3 aromatic rings. The summed E-state index contributed by atoms with van der Waals surface area (Å²) < 4.78 is 10.8. The molecule has 0 radical (unpaired) electrons. The predicted octanol–water partition coefficient (Wildman–Crippen LogP) is 7.40. The fourth-order valence-electron chi connectivity index (χ4n) is 4.80. The van der Waals surface area contributed by atoms with E-state index in [9.17, 15) is 9.59 Å². The van der Waals surface area contributed by atoms with Gasteiger partial charge in [-0.25, -0.2) is 0 Å². The topological polar surface area (TPSA) is 59.1 Å². The molecular formula is C34H46N2O4S. The number of hydrogen-bond donors (Lipinski definition) is 0. The van der Waals surface area contributed by atoms with Crippen LogP contribution in [0.4, 0.5) is 0 Å². The molecule has 7 heteroatoms. The molecule has 222 valence electrons. The van der Waals surface area contributed by atoms with Crippen molar-refractivity contribution in [2.24, 2.45) is 0 Å². The molecule has 0 saturated heterocycles. The fraction of sp³-hybridized carbons (Fsp3) is 0.471. The van der Waals surface area contributed by atoms with Crippen LogP contribution in [-0.4, -0.2) is 55.5 Å². The molecule has 0 fully saturated rings. The van der Waals surface area contributed by atoms with Crippen molar-refractivity contribution in [1.29, 1.82) is 0 Å². The number of methoxy groups -OCH3 is 2. The molecule has 2 amide bonds. The first-order chi connectivity index (χ1) is 20.0. The number of ether oxygens (including phenoxy) is 2. The van der Waals surface area contributed by atoms with E-state index in [0.717, 1.165) is 29.7 Å². The Morgan fingerprint density at radius 1 is 0.756 bits per heavy atom. The predicted molar refractivity (Wildman–Crippen MR) is 168 cm³/mol. The SMILES string of the molecule is CCCCCCc1ccc(C(=O)N(CCCC)CC(=O)N(CCc2ccc(OC)c(OC)c2)Cc2cccs2)cc1. The standard InChI is InChI=1S/C34H46N2O4S/c1-5-7-9-10-12-27-14-17-29(18-15-27)34(38)36(21-8-6-2)26-33(37)35(25-30-13-11-23-41-30)22-20-28-16-19-31(39-3)32(24-28)40-4/h11,13-19,23-24H,5-10,12,20-22,25-26H2,1-4H3. The Labute approximate surface area is 250 Å². The fourth-order valence-corrected chi connectivity index (χ4v) is 5.52. The van der Waals surface area contributed by atoms with Crippen molar-refractivity contribution in [1.82, 2.24) is 9.80 Å². The summed E-state index contributed by atoms with van der Waals surface area (Å²) in [6, 6.07) is 17.9. The first-order valence-corrected chi connectivity index (χ1v) is 15.8. The number of aryl methyl sites for hydroxylation is 1. The minimum Gasteiger partial charge on any atom is -0.493 e. The molecule has 0 saturated carbocycles. The lowest BCUT2D eigenvalue weighted by atomic mass is 10.0. The lowest BCUT2D eigenvalue weighted by Gasteiger charge is -2.28. The number of benzene rings is 2. The van der Waals surface area contributed by atoms with Crippen LogP contribution in [0.1, 0.15) is 78.7 Å². The van der Waals surface area contributed by atoms with Gasteiger partial charge in [-0.15, -0.1) is 11.3 Å². The molecule has 1 heterocycles. The maximum absolute atomic E-state index is 13.7. The monoisotopic (exact) mass is 578 g/mol. The van der Waals surface area contributed by atoms with Gasteiger partial charge < -0.3 is 19.3 Å². The van der Waals surface area contributed by atoms with Gasteiger partial charge in [0.2, 0.25) is 5.91 Å². The third kappa shape index (κ3) is 10.2. The van der Waals surface area contributed by atoms with Crippen LogP contribution in [0.2, 0.25) is 0 Å². The lowest BCUT2D eigenvalue weighted by Crippen LogP contribution is -2.43. The number of carbonyl (C=O) groups excluding carboxylic acids is 2. The van der Waals surface area contributed by atoms with E-state index in [1.165, 1.54) is 31.2 Å². The number of hydrogen-bond acceptors (Lipinski definition) is 5. The van der Waals surface area contributed by atoms with Crippen molar-refractivity contribution in [2.45, 2.75) is 71.8 Å². The maximum Gasteiger partial charge on any atom is 0.254 e. The molecule has 0 atom stereocenters. The van der Waals surface area contributed by atoms with Crippen molar-refractivity contribution < 1.29 is 19.1 Å². The number of thiophene rings is 1. The largest absolute Gasteiger partial charge is 0.493 e. The second-order valence-corrected chi connectivity index (χ2v) is 11.5. The van der Waals surface area contributed by atoms with E-state index >= 15 is 0 Å². The van der Waals surface area contributed by atoms with Gasteiger partial charge in [-0.1, -0.05) is 63.8 Å². The highest BCUT2D eigenvalue weighted by molar-refractivity contribution is 7.09. The van der Waals surface area contributed by atoms with E-state index < -0.39 is 0 Å².